The van der Waals surface area contributed by atoms with Crippen LogP contribution in [0.4, 0.5) is 0 Å². The van der Waals surface area contributed by atoms with Crippen molar-refractivity contribution >= 4 is 17.0 Å². The Labute approximate surface area is 117 Å². The number of hydrogen-bond acceptors (Lipinski definition) is 3. The van der Waals surface area contributed by atoms with E-state index in [1.54, 1.807) is 0 Å². The maximum atomic E-state index is 5.53. The zero-order valence-corrected chi connectivity index (χ0v) is 12.8. The van der Waals surface area contributed by atoms with Crippen molar-refractivity contribution < 1.29 is 0 Å². The minimum Gasteiger partial charge on any atom is -0.359 e. The molecule has 102 valence electrons. The fourth-order valence-corrected chi connectivity index (χ4v) is 2.07. The number of hydrogen-bond donors (Lipinski definition) is 1. The lowest BCUT2D eigenvalue weighted by molar-refractivity contribution is 0.265. The van der Waals surface area contributed by atoms with Crippen LogP contribution >= 0.6 is 17.0 Å². The molecule has 0 radical (unpaired) electrons. The number of nitrogens with two attached hydrogens (primary N) is 1. The third kappa shape index (κ3) is 7.66. The zero-order chi connectivity index (χ0) is 11.6. The van der Waals surface area contributed by atoms with E-state index >= 15 is 0 Å². The van der Waals surface area contributed by atoms with Gasteiger partial charge in [-0.05, 0) is 6.42 Å². The van der Waals surface area contributed by atoms with Crippen LogP contribution < -0.4 is 5.73 Å². The molecule has 3 nitrogen and oxygen atoms in total. The minimum atomic E-state index is 0. The van der Waals surface area contributed by atoms with E-state index in [0.29, 0.717) is 0 Å². The quantitative estimate of drug-likeness (QED) is 0.665. The van der Waals surface area contributed by atoms with Crippen molar-refractivity contribution in [2.45, 2.75) is 45.4 Å². The van der Waals surface area contributed by atoms with Gasteiger partial charge in [-0.3, -0.25) is 0 Å². The standard InChI is InChI=1S/C13H27N3.BrH/c1-2-3-4-5-6-7-9-15-11-12-16(13-15)10-8-14;/h11-12H,2-10,13-14H2,1H3;1H. The summed E-state index contributed by atoms with van der Waals surface area (Å²) in [6.07, 6.45) is 12.6. The Morgan fingerprint density at radius 1 is 0.941 bits per heavy atom. The lowest BCUT2D eigenvalue weighted by atomic mass is 10.1. The molecular formula is C13H28BrN3. The van der Waals surface area contributed by atoms with E-state index in [9.17, 15) is 0 Å². The summed E-state index contributed by atoms with van der Waals surface area (Å²) < 4.78 is 0. The van der Waals surface area contributed by atoms with Gasteiger partial charge < -0.3 is 15.5 Å². The van der Waals surface area contributed by atoms with Gasteiger partial charge in [-0.15, -0.1) is 17.0 Å². The first kappa shape index (κ1) is 16.8. The monoisotopic (exact) mass is 305 g/mol. The topological polar surface area (TPSA) is 32.5 Å². The van der Waals surface area contributed by atoms with Crippen LogP contribution in [0.25, 0.3) is 0 Å². The SMILES string of the molecule is Br.CCCCCCCCN1C=CN(CCN)C1. The van der Waals surface area contributed by atoms with Crippen LogP contribution in [0.15, 0.2) is 12.4 Å². The lowest BCUT2D eigenvalue weighted by Gasteiger charge is -2.20. The Balaban J connectivity index is 0.00000256. The second-order valence-corrected chi connectivity index (χ2v) is 4.62. The third-order valence-electron chi connectivity index (χ3n) is 3.07. The van der Waals surface area contributed by atoms with Gasteiger partial charge in [-0.25, -0.2) is 0 Å². The summed E-state index contributed by atoms with van der Waals surface area (Å²) in [4.78, 5) is 4.66. The number of rotatable bonds is 9. The molecule has 1 aliphatic heterocycles. The van der Waals surface area contributed by atoms with E-state index in [4.69, 9.17) is 5.73 Å². The molecule has 0 aromatic rings. The van der Waals surface area contributed by atoms with Crippen LogP contribution in [-0.4, -0.2) is 36.1 Å². The van der Waals surface area contributed by atoms with Gasteiger partial charge in [0.2, 0.25) is 0 Å². The first-order chi connectivity index (χ1) is 7.86. The first-order valence-electron chi connectivity index (χ1n) is 6.73. The minimum absolute atomic E-state index is 0. The second kappa shape index (κ2) is 10.9. The maximum absolute atomic E-state index is 5.53. The van der Waals surface area contributed by atoms with Gasteiger partial charge >= 0.3 is 0 Å². The predicted molar refractivity (Wildman–Crippen MR) is 80.2 cm³/mol. The number of halogens is 1. The summed E-state index contributed by atoms with van der Waals surface area (Å²) in [7, 11) is 0. The molecule has 0 fully saturated rings. The molecule has 0 bridgehead atoms. The van der Waals surface area contributed by atoms with Gasteiger partial charge in [0.15, 0.2) is 0 Å². The average molecular weight is 306 g/mol. The van der Waals surface area contributed by atoms with Gasteiger partial charge in [-0.2, -0.15) is 0 Å². The van der Waals surface area contributed by atoms with Crippen LogP contribution in [-0.2, 0) is 0 Å². The summed E-state index contributed by atoms with van der Waals surface area (Å²) in [5.41, 5.74) is 5.53. The molecule has 2 N–H and O–H groups in total. The van der Waals surface area contributed by atoms with E-state index in [1.165, 1.54) is 45.1 Å². The zero-order valence-electron chi connectivity index (χ0n) is 11.1. The van der Waals surface area contributed by atoms with Crippen molar-refractivity contribution in [2.75, 3.05) is 26.3 Å². The summed E-state index contributed by atoms with van der Waals surface area (Å²) in [6.45, 7) is 6.22. The Kier molecular flexibility index (Phi) is 10.8. The summed E-state index contributed by atoms with van der Waals surface area (Å²) in [6, 6.07) is 0. The van der Waals surface area contributed by atoms with Gasteiger partial charge in [0, 0.05) is 32.0 Å². The summed E-state index contributed by atoms with van der Waals surface area (Å²) in [5, 5.41) is 0. The van der Waals surface area contributed by atoms with Gasteiger partial charge in [0.25, 0.3) is 0 Å². The first-order valence-corrected chi connectivity index (χ1v) is 6.73. The van der Waals surface area contributed by atoms with Crippen LogP contribution in [0.3, 0.4) is 0 Å². The molecule has 0 aliphatic carbocycles. The molecule has 0 unspecified atom stereocenters. The van der Waals surface area contributed by atoms with E-state index in [-0.39, 0.29) is 17.0 Å². The highest BCUT2D eigenvalue weighted by Crippen LogP contribution is 2.09. The number of unbranched alkanes of at least 4 members (excludes halogenated alkanes) is 5. The fraction of sp³-hybridized carbons (Fsp3) is 0.846. The second-order valence-electron chi connectivity index (χ2n) is 4.62. The van der Waals surface area contributed by atoms with E-state index in [2.05, 4.69) is 29.1 Å². The maximum Gasteiger partial charge on any atom is 0.0894 e. The molecule has 0 atom stereocenters. The molecule has 0 amide bonds. The normalized spacial score (nSPS) is 14.2. The third-order valence-corrected chi connectivity index (χ3v) is 3.07. The summed E-state index contributed by atoms with van der Waals surface area (Å²) in [5.74, 6) is 0. The molecule has 0 aromatic heterocycles. The molecule has 0 spiro atoms. The van der Waals surface area contributed by atoms with Crippen molar-refractivity contribution in [3.05, 3.63) is 12.4 Å². The van der Waals surface area contributed by atoms with Crippen LogP contribution in [0.5, 0.6) is 0 Å². The van der Waals surface area contributed by atoms with E-state index in [0.717, 1.165) is 19.8 Å². The van der Waals surface area contributed by atoms with Crippen molar-refractivity contribution in [1.82, 2.24) is 9.80 Å². The molecule has 1 rings (SSSR count). The highest BCUT2D eigenvalue weighted by atomic mass is 79.9. The fourth-order valence-electron chi connectivity index (χ4n) is 2.07. The van der Waals surface area contributed by atoms with Crippen molar-refractivity contribution in [1.29, 1.82) is 0 Å². The van der Waals surface area contributed by atoms with Crippen molar-refractivity contribution in [2.24, 2.45) is 5.73 Å². The molecule has 0 saturated carbocycles. The molecule has 4 heteroatoms. The Bertz CT molecular complexity index is 197. The van der Waals surface area contributed by atoms with E-state index in [1.807, 2.05) is 0 Å². The predicted octanol–water partition coefficient (Wildman–Crippen LogP) is 2.93. The molecule has 17 heavy (non-hydrogen) atoms. The van der Waals surface area contributed by atoms with Crippen molar-refractivity contribution in [3.63, 3.8) is 0 Å². The van der Waals surface area contributed by atoms with Crippen LogP contribution in [0.1, 0.15) is 45.4 Å². The van der Waals surface area contributed by atoms with Gasteiger partial charge in [-0.1, -0.05) is 39.0 Å². The van der Waals surface area contributed by atoms with Crippen LogP contribution in [0, 0.1) is 0 Å². The molecule has 1 aliphatic rings. The largest absolute Gasteiger partial charge is 0.359 e. The lowest BCUT2D eigenvalue weighted by Crippen LogP contribution is -2.29. The molecule has 0 aromatic carbocycles. The highest BCUT2D eigenvalue weighted by molar-refractivity contribution is 8.93. The Hall–Kier alpha value is -0.220. The van der Waals surface area contributed by atoms with Gasteiger partial charge in [0.05, 0.1) is 6.67 Å². The smallest absolute Gasteiger partial charge is 0.0894 e. The van der Waals surface area contributed by atoms with Crippen LogP contribution in [0.2, 0.25) is 0 Å². The molecular weight excluding hydrogens is 278 g/mol. The highest BCUT2D eigenvalue weighted by Gasteiger charge is 2.09. The Morgan fingerprint density at radius 3 is 2.18 bits per heavy atom. The summed E-state index contributed by atoms with van der Waals surface area (Å²) >= 11 is 0. The van der Waals surface area contributed by atoms with Crippen molar-refractivity contribution in [3.8, 4) is 0 Å². The average Bonchev–Trinajstić information content (AvgIpc) is 2.72. The molecule has 0 saturated heterocycles. The van der Waals surface area contributed by atoms with Gasteiger partial charge in [0.1, 0.15) is 0 Å². The van der Waals surface area contributed by atoms with E-state index < -0.39 is 0 Å². The number of nitrogens with zero attached hydrogens (tertiary/aromatic N) is 2. The Morgan fingerprint density at radius 2 is 1.53 bits per heavy atom. The molecule has 1 heterocycles.